The van der Waals surface area contributed by atoms with Crippen LogP contribution < -0.4 is 15.3 Å². The van der Waals surface area contributed by atoms with Gasteiger partial charge in [-0.05, 0) is 36.6 Å². The molecule has 1 fully saturated rings. The Morgan fingerprint density at radius 1 is 1.18 bits per heavy atom. The number of benzene rings is 1. The van der Waals surface area contributed by atoms with Crippen LogP contribution in [0, 0.1) is 6.92 Å². The molecule has 0 N–H and O–H groups in total. The lowest BCUT2D eigenvalue weighted by molar-refractivity contribution is -0.137. The molecule has 228 valence electrons. The summed E-state index contributed by atoms with van der Waals surface area (Å²) < 4.78 is 50.2. The molecule has 9 nitrogen and oxygen atoms in total. The fourth-order valence-corrected chi connectivity index (χ4v) is 6.20. The molecule has 0 spiro atoms. The number of alkyl halides is 3. The second-order valence-electron chi connectivity index (χ2n) is 11.1. The van der Waals surface area contributed by atoms with Gasteiger partial charge in [0.15, 0.2) is 11.4 Å². The number of amides is 1. The molecule has 0 unspecified atom stereocenters. The molecule has 1 atom stereocenters. The van der Waals surface area contributed by atoms with Gasteiger partial charge in [0.1, 0.15) is 22.8 Å². The highest BCUT2D eigenvalue weighted by atomic mass is 35.5. The number of rotatable bonds is 4. The van der Waals surface area contributed by atoms with E-state index in [1.54, 1.807) is 17.2 Å². The number of aryl methyl sites for hydroxylation is 1. The van der Waals surface area contributed by atoms with Crippen LogP contribution in [0.4, 0.5) is 19.0 Å². The second-order valence-corrected chi connectivity index (χ2v) is 11.4. The third-order valence-corrected chi connectivity index (χ3v) is 8.33. The van der Waals surface area contributed by atoms with Gasteiger partial charge in [0.2, 0.25) is 5.91 Å². The topological polar surface area (TPSA) is 93.5 Å². The molecule has 3 aromatic heterocycles. The standard InChI is InChI=1S/C31H28ClF3N6O3/c1-5-21(42)39-12-13-40-18(14-39)15-44-27-22-28(40)38-30(43)41(26-17(4)10-11-36-24(26)16(2)3)29(22)37-25(23(27)32)19-8-6-7-9-20(19)31(33,34)35/h5-11,16,18H,1,12-15H2,2-4H3/t18-/m0/s1. The third-order valence-electron chi connectivity index (χ3n) is 7.98. The van der Waals surface area contributed by atoms with Crippen molar-refractivity contribution in [1.82, 2.24) is 24.4 Å². The van der Waals surface area contributed by atoms with Gasteiger partial charge >= 0.3 is 11.9 Å². The number of halogens is 4. The number of carbonyl (C=O) groups is 1. The zero-order valence-electron chi connectivity index (χ0n) is 24.2. The van der Waals surface area contributed by atoms with Crippen molar-refractivity contribution in [3.63, 3.8) is 0 Å². The molecule has 0 radical (unpaired) electrons. The smallest absolute Gasteiger partial charge is 0.417 e. The van der Waals surface area contributed by atoms with Crippen LogP contribution in [-0.2, 0) is 11.0 Å². The number of nitrogens with zero attached hydrogens (tertiary/aromatic N) is 6. The number of anilines is 1. The fourth-order valence-electron chi connectivity index (χ4n) is 5.91. The van der Waals surface area contributed by atoms with Crippen LogP contribution in [0.15, 0.2) is 54.0 Å². The van der Waals surface area contributed by atoms with E-state index in [0.29, 0.717) is 30.0 Å². The summed E-state index contributed by atoms with van der Waals surface area (Å²) in [7, 11) is 0. The van der Waals surface area contributed by atoms with E-state index in [1.807, 2.05) is 25.7 Å². The van der Waals surface area contributed by atoms with Crippen molar-refractivity contribution in [2.45, 2.75) is 38.9 Å². The van der Waals surface area contributed by atoms with Crippen molar-refractivity contribution >= 4 is 34.4 Å². The highest BCUT2D eigenvalue weighted by molar-refractivity contribution is 6.36. The number of aromatic nitrogens is 4. The Hall–Kier alpha value is -4.45. The lowest BCUT2D eigenvalue weighted by atomic mass is 10.0. The van der Waals surface area contributed by atoms with Crippen molar-refractivity contribution in [3.05, 3.63) is 81.5 Å². The summed E-state index contributed by atoms with van der Waals surface area (Å²) in [6.07, 6.45) is -1.84. The monoisotopic (exact) mass is 624 g/mol. The first-order valence-corrected chi connectivity index (χ1v) is 14.4. The van der Waals surface area contributed by atoms with Crippen molar-refractivity contribution in [1.29, 1.82) is 0 Å². The van der Waals surface area contributed by atoms with Crippen LogP contribution in [0.1, 0.15) is 36.6 Å². The van der Waals surface area contributed by atoms with E-state index < -0.39 is 23.5 Å². The third kappa shape index (κ3) is 4.77. The van der Waals surface area contributed by atoms with Gasteiger partial charge in [-0.25, -0.2) is 14.3 Å². The largest absolute Gasteiger partial charge is 0.489 e. The van der Waals surface area contributed by atoms with Gasteiger partial charge in [0.05, 0.1) is 28.7 Å². The highest BCUT2D eigenvalue weighted by Crippen LogP contribution is 2.47. The van der Waals surface area contributed by atoms with E-state index in [2.05, 4.69) is 16.5 Å². The Morgan fingerprint density at radius 2 is 1.93 bits per heavy atom. The normalized spacial score (nSPS) is 16.5. The lowest BCUT2D eigenvalue weighted by Crippen LogP contribution is -2.56. The predicted octanol–water partition coefficient (Wildman–Crippen LogP) is 5.54. The number of pyridine rings is 2. The van der Waals surface area contributed by atoms with E-state index in [0.717, 1.165) is 6.07 Å². The molecule has 2 aliphatic rings. The maximum absolute atomic E-state index is 14.2. The van der Waals surface area contributed by atoms with Gasteiger partial charge in [-0.3, -0.25) is 9.78 Å². The van der Waals surface area contributed by atoms with E-state index in [9.17, 15) is 22.8 Å². The van der Waals surface area contributed by atoms with Crippen LogP contribution in [0.25, 0.3) is 28.0 Å². The quantitative estimate of drug-likeness (QED) is 0.275. The van der Waals surface area contributed by atoms with Crippen LogP contribution in [-0.4, -0.2) is 62.6 Å². The molecule has 0 aliphatic carbocycles. The van der Waals surface area contributed by atoms with E-state index in [-0.39, 0.29) is 63.9 Å². The van der Waals surface area contributed by atoms with Gasteiger partial charge in [0.25, 0.3) is 0 Å². The number of piperazine rings is 1. The Kier molecular flexibility index (Phi) is 7.35. The number of hydrogen-bond donors (Lipinski definition) is 0. The Balaban J connectivity index is 1.71. The van der Waals surface area contributed by atoms with Crippen LogP contribution in [0.3, 0.4) is 0 Å². The highest BCUT2D eigenvalue weighted by Gasteiger charge is 2.39. The minimum atomic E-state index is -4.71. The van der Waals surface area contributed by atoms with Crippen molar-refractivity contribution in [3.8, 4) is 22.7 Å². The molecule has 0 bridgehead atoms. The summed E-state index contributed by atoms with van der Waals surface area (Å²) >= 11 is 6.89. The molecule has 6 rings (SSSR count). The average Bonchev–Trinajstić information content (AvgIpc) is 3.15. The first-order chi connectivity index (χ1) is 20.9. The summed E-state index contributed by atoms with van der Waals surface area (Å²) in [5, 5.41) is 0.139. The molecule has 1 saturated heterocycles. The minimum absolute atomic E-state index is 0.0217. The number of ether oxygens (including phenoxy) is 1. The van der Waals surface area contributed by atoms with E-state index >= 15 is 0 Å². The molecule has 13 heteroatoms. The lowest BCUT2D eigenvalue weighted by Gasteiger charge is -2.40. The molecule has 1 amide bonds. The van der Waals surface area contributed by atoms with Gasteiger partial charge in [0, 0.05) is 31.4 Å². The van der Waals surface area contributed by atoms with Crippen molar-refractivity contribution in [2.75, 3.05) is 31.1 Å². The van der Waals surface area contributed by atoms with Gasteiger partial charge < -0.3 is 14.5 Å². The van der Waals surface area contributed by atoms with E-state index in [1.165, 1.54) is 28.8 Å². The number of hydrogen-bond acceptors (Lipinski definition) is 7. The molecule has 0 saturated carbocycles. The fraction of sp³-hybridized carbons (Fsp3) is 0.323. The SMILES string of the molecule is C=CC(=O)N1CCN2c3nc(=O)n(-c4c(C)ccnc4C(C)C)c4nc(-c5ccccc5C(F)(F)F)c(Cl)c(c34)OC[C@@H]2C1. The van der Waals surface area contributed by atoms with Crippen molar-refractivity contribution < 1.29 is 22.7 Å². The Bertz CT molecular complexity index is 1890. The van der Waals surface area contributed by atoms with Crippen molar-refractivity contribution in [2.24, 2.45) is 0 Å². The van der Waals surface area contributed by atoms with Gasteiger partial charge in [-0.15, -0.1) is 0 Å². The van der Waals surface area contributed by atoms with E-state index in [4.69, 9.17) is 21.3 Å². The predicted molar refractivity (Wildman–Crippen MR) is 161 cm³/mol. The summed E-state index contributed by atoms with van der Waals surface area (Å²) in [5.74, 6) is -0.0693. The summed E-state index contributed by atoms with van der Waals surface area (Å²) in [6, 6.07) is 6.30. The van der Waals surface area contributed by atoms with Gasteiger partial charge in [-0.2, -0.15) is 18.2 Å². The molecule has 2 aliphatic heterocycles. The zero-order chi connectivity index (χ0) is 31.5. The maximum Gasteiger partial charge on any atom is 0.417 e. The Morgan fingerprint density at radius 3 is 2.64 bits per heavy atom. The molecule has 5 heterocycles. The average molecular weight is 625 g/mol. The molecular weight excluding hydrogens is 597 g/mol. The number of carbonyl (C=O) groups excluding carboxylic acids is 1. The van der Waals surface area contributed by atoms with Gasteiger partial charge in [-0.1, -0.05) is 50.2 Å². The van der Waals surface area contributed by atoms with Crippen LogP contribution >= 0.6 is 11.6 Å². The summed E-state index contributed by atoms with van der Waals surface area (Å²) in [4.78, 5) is 43.7. The summed E-state index contributed by atoms with van der Waals surface area (Å²) in [5.41, 5.74) is -0.324. The second kappa shape index (κ2) is 10.9. The molecule has 4 aromatic rings. The number of fused-ring (bicyclic) bond motifs is 2. The minimum Gasteiger partial charge on any atom is -0.489 e. The maximum atomic E-state index is 14.2. The molecule has 44 heavy (non-hydrogen) atoms. The van der Waals surface area contributed by atoms with Crippen LogP contribution in [0.2, 0.25) is 5.02 Å². The Labute approximate surface area is 255 Å². The van der Waals surface area contributed by atoms with Crippen LogP contribution in [0.5, 0.6) is 5.75 Å². The zero-order valence-corrected chi connectivity index (χ0v) is 24.9. The molecule has 1 aromatic carbocycles. The first kappa shape index (κ1) is 29.6. The first-order valence-electron chi connectivity index (χ1n) is 14.0. The summed E-state index contributed by atoms with van der Waals surface area (Å²) in [6.45, 7) is 10.2. The molecular formula is C31H28ClF3N6O3.